The molecule has 4 rings (SSSR count). The number of imidazole rings is 1. The summed E-state index contributed by atoms with van der Waals surface area (Å²) in [6, 6.07) is 18.5. The van der Waals surface area contributed by atoms with Crippen molar-refractivity contribution >= 4 is 12.0 Å². The lowest BCUT2D eigenvalue weighted by molar-refractivity contribution is 0.0950. The quantitative estimate of drug-likeness (QED) is 0.261. The Morgan fingerprint density at radius 3 is 2.62 bits per heavy atom. The summed E-state index contributed by atoms with van der Waals surface area (Å²) in [6.07, 6.45) is 6.57. The van der Waals surface area contributed by atoms with Gasteiger partial charge in [-0.3, -0.25) is 9.78 Å². The molecule has 174 valence electrons. The predicted octanol–water partition coefficient (Wildman–Crippen LogP) is 4.47. The summed E-state index contributed by atoms with van der Waals surface area (Å²) in [7, 11) is 0. The zero-order valence-electron chi connectivity index (χ0n) is 18.4. The molecule has 0 spiro atoms. The Labute approximate surface area is 195 Å². The van der Waals surface area contributed by atoms with E-state index in [4.69, 9.17) is 9.15 Å². The van der Waals surface area contributed by atoms with Crippen LogP contribution in [-0.2, 0) is 6.54 Å². The molecular weight excluding hydrogens is 434 g/mol. The fourth-order valence-corrected chi connectivity index (χ4v) is 3.39. The molecule has 2 aromatic heterocycles. The molecule has 34 heavy (non-hydrogen) atoms. The summed E-state index contributed by atoms with van der Waals surface area (Å²) in [5.41, 5.74) is 2.26. The Morgan fingerprint density at radius 2 is 1.88 bits per heavy atom. The second-order valence-electron chi connectivity index (χ2n) is 7.58. The first-order valence-corrected chi connectivity index (χ1v) is 10.9. The van der Waals surface area contributed by atoms with Crippen molar-refractivity contribution in [2.75, 3.05) is 6.61 Å². The lowest BCUT2D eigenvalue weighted by Gasteiger charge is -2.12. The minimum absolute atomic E-state index is 0.169. The molecule has 0 radical (unpaired) electrons. The van der Waals surface area contributed by atoms with E-state index in [0.717, 1.165) is 23.3 Å². The predicted molar refractivity (Wildman–Crippen MR) is 129 cm³/mol. The highest BCUT2D eigenvalue weighted by molar-refractivity contribution is 5.94. The van der Waals surface area contributed by atoms with Crippen LogP contribution in [0.5, 0.6) is 11.6 Å². The molecule has 8 heteroatoms. The summed E-state index contributed by atoms with van der Waals surface area (Å²) in [6.45, 7) is 0.828. The molecule has 2 heterocycles. The lowest BCUT2D eigenvalue weighted by Crippen LogP contribution is -2.23. The van der Waals surface area contributed by atoms with Crippen LogP contribution in [-0.4, -0.2) is 27.6 Å². The van der Waals surface area contributed by atoms with Crippen LogP contribution in [0.4, 0.5) is 0 Å². The average molecular weight is 460 g/mol. The molecule has 0 aliphatic rings. The van der Waals surface area contributed by atoms with Crippen LogP contribution in [0.2, 0.25) is 0 Å². The van der Waals surface area contributed by atoms with E-state index in [1.807, 2.05) is 54.6 Å². The summed E-state index contributed by atoms with van der Waals surface area (Å²) in [5.74, 6) is 1.12. The van der Waals surface area contributed by atoms with Crippen molar-refractivity contribution < 1.29 is 19.1 Å². The molecule has 2 aromatic carbocycles. The van der Waals surface area contributed by atoms with Gasteiger partial charge in [0.25, 0.3) is 5.91 Å². The molecule has 4 N–H and O–H groups in total. The normalized spacial score (nSPS) is 11.1. The van der Waals surface area contributed by atoms with E-state index in [0.29, 0.717) is 36.6 Å². The number of hydrogen-bond acceptors (Lipinski definition) is 5. The second-order valence-corrected chi connectivity index (χ2v) is 7.58. The monoisotopic (exact) mass is 459 g/mol. The number of hydrogen-bond donors (Lipinski definition) is 4. The van der Waals surface area contributed by atoms with Crippen molar-refractivity contribution in [3.63, 3.8) is 0 Å². The maximum absolute atomic E-state index is 12.6. The second kappa shape index (κ2) is 10.9. The van der Waals surface area contributed by atoms with E-state index in [1.54, 1.807) is 24.5 Å². The van der Waals surface area contributed by atoms with Crippen molar-refractivity contribution in [3.05, 3.63) is 100 Å². The maximum atomic E-state index is 12.6. The summed E-state index contributed by atoms with van der Waals surface area (Å²) < 4.78 is 11.3. The smallest absolute Gasteiger partial charge is 0.326 e. The van der Waals surface area contributed by atoms with Gasteiger partial charge < -0.3 is 24.6 Å². The Balaban J connectivity index is 1.25. The number of aromatic amines is 2. The highest BCUT2D eigenvalue weighted by Gasteiger charge is 2.09. The average Bonchev–Trinajstić information content (AvgIpc) is 3.50. The van der Waals surface area contributed by atoms with E-state index in [2.05, 4.69) is 15.3 Å². The van der Waals surface area contributed by atoms with Gasteiger partial charge in [0.2, 0.25) is 5.88 Å². The van der Waals surface area contributed by atoms with Gasteiger partial charge in [0, 0.05) is 23.2 Å². The van der Waals surface area contributed by atoms with Gasteiger partial charge >= 0.3 is 5.69 Å². The first-order valence-electron chi connectivity index (χ1n) is 10.9. The first kappa shape index (κ1) is 22.7. The van der Waals surface area contributed by atoms with Crippen LogP contribution < -0.4 is 15.7 Å². The minimum Gasteiger partial charge on any atom is -0.493 e. The number of benzene rings is 2. The van der Waals surface area contributed by atoms with Gasteiger partial charge in [-0.05, 0) is 49.2 Å². The zero-order chi connectivity index (χ0) is 23.8. The summed E-state index contributed by atoms with van der Waals surface area (Å²) in [5, 5.41) is 12.5. The minimum atomic E-state index is -0.449. The largest absolute Gasteiger partial charge is 0.493 e. The Bertz CT molecular complexity index is 1300. The van der Waals surface area contributed by atoms with Gasteiger partial charge in [0.05, 0.1) is 12.9 Å². The summed E-state index contributed by atoms with van der Waals surface area (Å²) in [4.78, 5) is 28.4. The number of nitrogens with one attached hydrogen (secondary N) is 3. The van der Waals surface area contributed by atoms with Crippen molar-refractivity contribution in [1.82, 2.24) is 15.3 Å². The Hall–Kier alpha value is -4.46. The van der Waals surface area contributed by atoms with Gasteiger partial charge in [-0.1, -0.05) is 36.4 Å². The molecule has 0 unspecified atom stereocenters. The Kier molecular flexibility index (Phi) is 7.29. The molecule has 0 bridgehead atoms. The standard InChI is InChI=1S/C26H25N3O5/c30-24(19-13-11-18(12-14-19)22-10-6-16-34-22)27-17-20-7-3-4-9-23(20)33-15-5-1-2-8-21-25(31)29-26(32)28-21/h2-4,6-14,16,31H,1,5,15,17H2,(H,27,30)(H2,28,29,32)/b8-2+. The van der Waals surface area contributed by atoms with Gasteiger partial charge in [-0.15, -0.1) is 0 Å². The Morgan fingerprint density at radius 1 is 1.06 bits per heavy atom. The number of carbonyl (C=O) groups is 1. The maximum Gasteiger partial charge on any atom is 0.326 e. The molecule has 0 saturated carbocycles. The van der Waals surface area contributed by atoms with Crippen molar-refractivity contribution in [1.29, 1.82) is 0 Å². The van der Waals surface area contributed by atoms with E-state index < -0.39 is 5.69 Å². The number of para-hydroxylation sites is 1. The molecule has 1 amide bonds. The van der Waals surface area contributed by atoms with Crippen molar-refractivity contribution in [2.45, 2.75) is 19.4 Å². The van der Waals surface area contributed by atoms with Gasteiger partial charge in [-0.2, -0.15) is 0 Å². The van der Waals surface area contributed by atoms with Crippen LogP contribution in [0.1, 0.15) is 34.5 Å². The van der Waals surface area contributed by atoms with Crippen LogP contribution >= 0.6 is 0 Å². The number of H-pyrrole nitrogens is 2. The number of rotatable bonds is 10. The highest BCUT2D eigenvalue weighted by atomic mass is 16.5. The highest BCUT2D eigenvalue weighted by Crippen LogP contribution is 2.21. The van der Waals surface area contributed by atoms with E-state index in [-0.39, 0.29) is 11.8 Å². The third-order valence-electron chi connectivity index (χ3n) is 5.16. The fraction of sp³-hybridized carbons (Fsp3) is 0.154. The van der Waals surface area contributed by atoms with E-state index in [1.165, 1.54) is 0 Å². The number of carbonyl (C=O) groups excluding carboxylic acids is 1. The number of allylic oxidation sites excluding steroid dienone is 1. The molecule has 0 fully saturated rings. The summed E-state index contributed by atoms with van der Waals surface area (Å²) >= 11 is 0. The van der Waals surface area contributed by atoms with Crippen LogP contribution in [0.15, 0.2) is 82.2 Å². The molecule has 0 saturated heterocycles. The number of unbranched alkanes of at least 4 members (excludes halogenated alkanes) is 1. The molecule has 0 atom stereocenters. The van der Waals surface area contributed by atoms with Gasteiger partial charge in [-0.25, -0.2) is 4.79 Å². The third-order valence-corrected chi connectivity index (χ3v) is 5.16. The molecule has 4 aromatic rings. The molecule has 0 aliphatic heterocycles. The van der Waals surface area contributed by atoms with E-state index >= 15 is 0 Å². The lowest BCUT2D eigenvalue weighted by atomic mass is 10.1. The van der Waals surface area contributed by atoms with Crippen LogP contribution in [0.3, 0.4) is 0 Å². The fourth-order valence-electron chi connectivity index (χ4n) is 3.39. The zero-order valence-corrected chi connectivity index (χ0v) is 18.4. The third kappa shape index (κ3) is 5.86. The number of aromatic nitrogens is 2. The van der Waals surface area contributed by atoms with E-state index in [9.17, 15) is 14.7 Å². The molecule has 0 aliphatic carbocycles. The van der Waals surface area contributed by atoms with Gasteiger partial charge in [0.15, 0.2) is 0 Å². The SMILES string of the molecule is O=C(NCc1ccccc1OCCC/C=C/c1[nH]c(=O)[nH]c1O)c1ccc(-c2ccco2)cc1. The number of amides is 1. The topological polar surface area (TPSA) is 120 Å². The first-order chi connectivity index (χ1) is 16.6. The van der Waals surface area contributed by atoms with Crippen LogP contribution in [0.25, 0.3) is 17.4 Å². The number of ether oxygens (including phenoxy) is 1. The molecular formula is C26H25N3O5. The number of furan rings is 1. The van der Waals surface area contributed by atoms with Crippen molar-refractivity contribution in [2.24, 2.45) is 0 Å². The molecule has 8 nitrogen and oxygen atoms in total. The van der Waals surface area contributed by atoms with Crippen LogP contribution in [0, 0.1) is 0 Å². The van der Waals surface area contributed by atoms with Crippen molar-refractivity contribution in [3.8, 4) is 23.0 Å². The number of aromatic hydroxyl groups is 1. The van der Waals surface area contributed by atoms with Gasteiger partial charge in [0.1, 0.15) is 17.2 Å².